The highest BCUT2D eigenvalue weighted by Gasteiger charge is 2.42. The third-order valence-corrected chi connectivity index (χ3v) is 3.02. The summed E-state index contributed by atoms with van der Waals surface area (Å²) >= 11 is 5.54. The fraction of sp³-hybridized carbons (Fsp3) is 0.778. The number of likely N-dealkylation sites (tertiary alicyclic amines) is 1. The molecule has 1 aliphatic heterocycles. The molecule has 0 unspecified atom stereocenters. The van der Waals surface area contributed by atoms with Crippen molar-refractivity contribution < 1.29 is 14.7 Å². The highest BCUT2D eigenvalue weighted by atomic mass is 35.5. The molecule has 1 fully saturated rings. The molecule has 0 aromatic heterocycles. The lowest BCUT2D eigenvalue weighted by atomic mass is 10.00. The van der Waals surface area contributed by atoms with Crippen molar-refractivity contribution in [2.45, 2.75) is 25.3 Å². The van der Waals surface area contributed by atoms with Gasteiger partial charge in [-0.05, 0) is 24.8 Å². The zero-order valence-electron chi connectivity index (χ0n) is 9.12. The van der Waals surface area contributed by atoms with Crippen molar-refractivity contribution in [1.29, 1.82) is 0 Å². The monoisotopic (exact) mass is 260 g/mol. The largest absolute Gasteiger partial charge is 0.465 e. The highest BCUT2D eigenvalue weighted by Crippen LogP contribution is 2.28. The molecule has 0 aromatic carbocycles. The first-order chi connectivity index (χ1) is 8.11. The first-order valence-electron chi connectivity index (χ1n) is 5.24. The van der Waals surface area contributed by atoms with E-state index in [4.69, 9.17) is 22.2 Å². The maximum atomic E-state index is 11.8. The Labute approximate surface area is 103 Å². The summed E-state index contributed by atoms with van der Waals surface area (Å²) in [7, 11) is 0. The third kappa shape index (κ3) is 3.25. The van der Waals surface area contributed by atoms with Crippen LogP contribution < -0.4 is 0 Å². The number of azide groups is 1. The van der Waals surface area contributed by atoms with E-state index in [-0.39, 0.29) is 12.5 Å². The average Bonchev–Trinajstić information content (AvgIpc) is 2.60. The van der Waals surface area contributed by atoms with Crippen molar-refractivity contribution in [3.63, 3.8) is 0 Å². The molecule has 0 saturated carbocycles. The standard InChI is InChI=1S/C9H13ClN4O3/c10-3-1-2-6-4-7(5-12-13-11)14(8(6)15)9(16)17/h6-7H,1-5H2,(H,16,17)/t6-,7+/m1/s1. The number of carboxylic acid groups (broad SMARTS) is 1. The minimum Gasteiger partial charge on any atom is -0.465 e. The molecule has 1 rings (SSSR count). The van der Waals surface area contributed by atoms with Crippen LogP contribution in [0.5, 0.6) is 0 Å². The molecule has 8 heteroatoms. The van der Waals surface area contributed by atoms with Gasteiger partial charge in [-0.1, -0.05) is 5.11 Å². The summed E-state index contributed by atoms with van der Waals surface area (Å²) in [4.78, 5) is 26.1. The van der Waals surface area contributed by atoms with Crippen molar-refractivity contribution in [2.24, 2.45) is 11.0 Å². The van der Waals surface area contributed by atoms with Gasteiger partial charge in [-0.2, -0.15) is 0 Å². The number of carbonyl (C=O) groups is 2. The van der Waals surface area contributed by atoms with Gasteiger partial charge < -0.3 is 5.11 Å². The smallest absolute Gasteiger partial charge is 0.414 e. The molecule has 0 bridgehead atoms. The van der Waals surface area contributed by atoms with Gasteiger partial charge in [-0.25, -0.2) is 9.69 Å². The molecule has 1 saturated heterocycles. The van der Waals surface area contributed by atoms with E-state index in [1.165, 1.54) is 0 Å². The van der Waals surface area contributed by atoms with Crippen LogP contribution in [0.2, 0.25) is 0 Å². The zero-order chi connectivity index (χ0) is 12.8. The zero-order valence-corrected chi connectivity index (χ0v) is 9.88. The molecule has 94 valence electrons. The Bertz CT molecular complexity index is 356. The van der Waals surface area contributed by atoms with Crippen molar-refractivity contribution in [2.75, 3.05) is 12.4 Å². The second-order valence-corrected chi connectivity index (χ2v) is 4.20. The Morgan fingerprint density at radius 3 is 2.94 bits per heavy atom. The molecule has 0 aliphatic carbocycles. The predicted molar refractivity (Wildman–Crippen MR) is 60.7 cm³/mol. The van der Waals surface area contributed by atoms with E-state index < -0.39 is 18.0 Å². The van der Waals surface area contributed by atoms with Crippen LogP contribution in [0, 0.1) is 5.92 Å². The average molecular weight is 261 g/mol. The number of rotatable bonds is 5. The molecule has 2 atom stereocenters. The van der Waals surface area contributed by atoms with E-state index in [1.54, 1.807) is 0 Å². The van der Waals surface area contributed by atoms with Crippen LogP contribution in [-0.2, 0) is 4.79 Å². The Morgan fingerprint density at radius 2 is 2.41 bits per heavy atom. The molecular formula is C9H13ClN4O3. The number of hydrogen-bond acceptors (Lipinski definition) is 3. The maximum absolute atomic E-state index is 11.8. The van der Waals surface area contributed by atoms with Crippen LogP contribution in [0.15, 0.2) is 5.11 Å². The summed E-state index contributed by atoms with van der Waals surface area (Å²) in [5.74, 6) is -0.304. The third-order valence-electron chi connectivity index (χ3n) is 2.76. The highest BCUT2D eigenvalue weighted by molar-refractivity contribution is 6.17. The van der Waals surface area contributed by atoms with Gasteiger partial charge in [0.15, 0.2) is 0 Å². The van der Waals surface area contributed by atoms with E-state index in [9.17, 15) is 9.59 Å². The van der Waals surface area contributed by atoms with Crippen LogP contribution >= 0.6 is 11.6 Å². The van der Waals surface area contributed by atoms with Crippen molar-refractivity contribution in [3.05, 3.63) is 10.4 Å². The summed E-state index contributed by atoms with van der Waals surface area (Å²) in [6.07, 6.45) is 0.348. The number of hydrogen-bond donors (Lipinski definition) is 1. The molecule has 0 aromatic rings. The number of alkyl halides is 1. The first-order valence-corrected chi connectivity index (χ1v) is 5.78. The van der Waals surface area contributed by atoms with Crippen LogP contribution in [0.1, 0.15) is 19.3 Å². The van der Waals surface area contributed by atoms with Crippen LogP contribution in [0.4, 0.5) is 4.79 Å². The van der Waals surface area contributed by atoms with E-state index in [2.05, 4.69) is 10.0 Å². The number of carbonyl (C=O) groups excluding carboxylic acids is 1. The van der Waals surface area contributed by atoms with Crippen LogP contribution in [-0.4, -0.2) is 40.5 Å². The summed E-state index contributed by atoms with van der Waals surface area (Å²) in [5, 5.41) is 12.3. The number of imide groups is 1. The lowest BCUT2D eigenvalue weighted by Crippen LogP contribution is -2.39. The minimum atomic E-state index is -1.29. The Morgan fingerprint density at radius 1 is 1.71 bits per heavy atom. The van der Waals surface area contributed by atoms with Crippen LogP contribution in [0.3, 0.4) is 0 Å². The normalized spacial score (nSPS) is 23.6. The van der Waals surface area contributed by atoms with E-state index in [0.29, 0.717) is 25.1 Å². The maximum Gasteiger partial charge on any atom is 0.414 e. The van der Waals surface area contributed by atoms with Gasteiger partial charge in [-0.15, -0.1) is 11.6 Å². The predicted octanol–water partition coefficient (Wildman–Crippen LogP) is 2.21. The summed E-state index contributed by atoms with van der Waals surface area (Å²) in [5.41, 5.74) is 8.21. The van der Waals surface area contributed by atoms with E-state index in [0.717, 1.165) is 4.90 Å². The second kappa shape index (κ2) is 6.32. The fourth-order valence-electron chi connectivity index (χ4n) is 2.01. The van der Waals surface area contributed by atoms with Gasteiger partial charge in [0.2, 0.25) is 5.91 Å². The molecule has 0 radical (unpaired) electrons. The van der Waals surface area contributed by atoms with Crippen molar-refractivity contribution in [1.82, 2.24) is 4.90 Å². The first kappa shape index (κ1) is 13.6. The van der Waals surface area contributed by atoms with Crippen molar-refractivity contribution >= 4 is 23.6 Å². The molecule has 1 heterocycles. The summed E-state index contributed by atoms with van der Waals surface area (Å²) in [6, 6.07) is -0.545. The Kier molecular flexibility index (Phi) is 5.06. The molecule has 7 nitrogen and oxygen atoms in total. The lowest BCUT2D eigenvalue weighted by molar-refractivity contribution is -0.130. The second-order valence-electron chi connectivity index (χ2n) is 3.82. The molecule has 1 N–H and O–H groups in total. The topological polar surface area (TPSA) is 106 Å². The lowest BCUT2D eigenvalue weighted by Gasteiger charge is -2.17. The minimum absolute atomic E-state index is 0.00802. The Balaban J connectivity index is 2.73. The SMILES string of the molecule is [N-]=[N+]=NC[C@@H]1C[C@@H](CCCCl)C(=O)N1C(=O)O. The number of halogens is 1. The Hall–Kier alpha value is -1.46. The van der Waals surface area contributed by atoms with Gasteiger partial charge >= 0.3 is 6.09 Å². The van der Waals surface area contributed by atoms with Crippen LogP contribution in [0.25, 0.3) is 10.4 Å². The van der Waals surface area contributed by atoms with Gasteiger partial charge in [0.25, 0.3) is 0 Å². The fourth-order valence-corrected chi connectivity index (χ4v) is 2.17. The quantitative estimate of drug-likeness (QED) is 0.354. The number of amides is 2. The summed E-state index contributed by atoms with van der Waals surface area (Å²) in [6.45, 7) is -0.00802. The van der Waals surface area contributed by atoms with E-state index >= 15 is 0 Å². The molecule has 17 heavy (non-hydrogen) atoms. The van der Waals surface area contributed by atoms with Gasteiger partial charge in [0, 0.05) is 29.3 Å². The molecule has 0 spiro atoms. The number of nitrogens with zero attached hydrogens (tertiary/aromatic N) is 4. The molecular weight excluding hydrogens is 248 g/mol. The van der Waals surface area contributed by atoms with E-state index in [1.807, 2.05) is 0 Å². The molecule has 2 amide bonds. The van der Waals surface area contributed by atoms with Gasteiger partial charge in [-0.3, -0.25) is 4.79 Å². The van der Waals surface area contributed by atoms with Crippen molar-refractivity contribution in [3.8, 4) is 0 Å². The van der Waals surface area contributed by atoms with Gasteiger partial charge in [0.1, 0.15) is 0 Å². The molecule has 1 aliphatic rings. The van der Waals surface area contributed by atoms with Gasteiger partial charge in [0.05, 0.1) is 0 Å². The summed E-state index contributed by atoms with van der Waals surface area (Å²) < 4.78 is 0.